The van der Waals surface area contributed by atoms with Crippen LogP contribution in [0.3, 0.4) is 0 Å². The van der Waals surface area contributed by atoms with Gasteiger partial charge >= 0.3 is 0 Å². The third-order valence-electron chi connectivity index (χ3n) is 3.82. The summed E-state index contributed by atoms with van der Waals surface area (Å²) in [5.41, 5.74) is 1.83. The number of hydrogen-bond donors (Lipinski definition) is 2. The summed E-state index contributed by atoms with van der Waals surface area (Å²) in [6.45, 7) is 0.917. The molecule has 140 valence electrons. The Kier molecular flexibility index (Phi) is 6.27. The Morgan fingerprint density at radius 3 is 2.74 bits per heavy atom. The summed E-state index contributed by atoms with van der Waals surface area (Å²) in [4.78, 5) is 8.57. The van der Waals surface area contributed by atoms with E-state index in [-0.39, 0.29) is 0 Å². The van der Waals surface area contributed by atoms with Crippen molar-refractivity contribution >= 4 is 17.6 Å². The number of aromatic nitrogens is 2. The first-order valence-electron chi connectivity index (χ1n) is 8.34. The highest BCUT2D eigenvalue weighted by Crippen LogP contribution is 2.20. The molecule has 0 aliphatic rings. The second kappa shape index (κ2) is 9.05. The normalized spacial score (nSPS) is 11.3. The number of halogens is 1. The zero-order chi connectivity index (χ0) is 19.1. The molecule has 0 spiro atoms. The first kappa shape index (κ1) is 18.7. The summed E-state index contributed by atoms with van der Waals surface area (Å²) in [6.07, 6.45) is 0. The molecule has 1 heterocycles. The van der Waals surface area contributed by atoms with E-state index in [4.69, 9.17) is 20.9 Å². The molecule has 0 atom stereocenters. The van der Waals surface area contributed by atoms with Crippen molar-refractivity contribution in [2.24, 2.45) is 4.99 Å². The monoisotopic (exact) mass is 385 g/mol. The molecule has 0 saturated carbocycles. The zero-order valence-electron chi connectivity index (χ0n) is 15.1. The van der Waals surface area contributed by atoms with Gasteiger partial charge in [0, 0.05) is 29.7 Å². The number of guanidine groups is 1. The van der Waals surface area contributed by atoms with Crippen LogP contribution < -0.4 is 15.4 Å². The average Bonchev–Trinajstić information content (AvgIpc) is 3.17. The molecule has 0 saturated heterocycles. The van der Waals surface area contributed by atoms with Crippen molar-refractivity contribution < 1.29 is 9.26 Å². The van der Waals surface area contributed by atoms with Crippen LogP contribution in [0.25, 0.3) is 11.4 Å². The van der Waals surface area contributed by atoms with Crippen LogP contribution in [0, 0.1) is 0 Å². The molecular formula is C19H20ClN5O2. The third kappa shape index (κ3) is 4.98. The van der Waals surface area contributed by atoms with Crippen LogP contribution in [-0.2, 0) is 13.1 Å². The van der Waals surface area contributed by atoms with Gasteiger partial charge in [0.2, 0.25) is 11.7 Å². The summed E-state index contributed by atoms with van der Waals surface area (Å²) >= 11 is 6.00. The van der Waals surface area contributed by atoms with Crippen LogP contribution in [-0.4, -0.2) is 30.3 Å². The maximum absolute atomic E-state index is 6.00. The largest absolute Gasteiger partial charge is 0.496 e. The number of hydrogen-bond acceptors (Lipinski definition) is 5. The van der Waals surface area contributed by atoms with Crippen LogP contribution in [0.15, 0.2) is 58.0 Å². The molecule has 0 aliphatic heterocycles. The van der Waals surface area contributed by atoms with Gasteiger partial charge in [-0.1, -0.05) is 47.1 Å². The van der Waals surface area contributed by atoms with Gasteiger partial charge < -0.3 is 19.9 Å². The van der Waals surface area contributed by atoms with Crippen LogP contribution in [0.5, 0.6) is 5.75 Å². The molecule has 0 aliphatic carbocycles. The van der Waals surface area contributed by atoms with Crippen molar-refractivity contribution in [2.45, 2.75) is 13.1 Å². The van der Waals surface area contributed by atoms with Crippen LogP contribution in [0.2, 0.25) is 5.02 Å². The minimum absolute atomic E-state index is 0.346. The van der Waals surface area contributed by atoms with Crippen molar-refractivity contribution in [3.05, 3.63) is 65.0 Å². The van der Waals surface area contributed by atoms with Crippen LogP contribution >= 0.6 is 11.6 Å². The van der Waals surface area contributed by atoms with Gasteiger partial charge in [-0.3, -0.25) is 4.99 Å². The maximum Gasteiger partial charge on any atom is 0.246 e. The number of rotatable bonds is 6. The number of nitrogens with zero attached hydrogens (tertiary/aromatic N) is 3. The minimum atomic E-state index is 0.346. The van der Waals surface area contributed by atoms with E-state index in [0.717, 1.165) is 16.9 Å². The van der Waals surface area contributed by atoms with Gasteiger partial charge in [-0.25, -0.2) is 0 Å². The quantitative estimate of drug-likeness (QED) is 0.500. The number of ether oxygens (including phenoxy) is 1. The molecule has 2 N–H and O–H groups in total. The Morgan fingerprint density at radius 1 is 1.15 bits per heavy atom. The number of para-hydroxylation sites is 1. The zero-order valence-corrected chi connectivity index (χ0v) is 15.8. The number of benzene rings is 2. The Hall–Kier alpha value is -3.06. The van der Waals surface area contributed by atoms with Gasteiger partial charge in [-0.05, 0) is 18.2 Å². The second-order valence-electron chi connectivity index (χ2n) is 5.61. The predicted octanol–water partition coefficient (Wildman–Crippen LogP) is 3.26. The molecule has 3 aromatic rings. The topological polar surface area (TPSA) is 84.6 Å². The highest BCUT2D eigenvalue weighted by Gasteiger charge is 2.10. The molecule has 0 amide bonds. The van der Waals surface area contributed by atoms with Crippen LogP contribution in [0.4, 0.5) is 0 Å². The molecule has 0 fully saturated rings. The van der Waals surface area contributed by atoms with Crippen molar-refractivity contribution in [1.82, 2.24) is 20.8 Å². The fourth-order valence-electron chi connectivity index (χ4n) is 2.48. The lowest BCUT2D eigenvalue weighted by Crippen LogP contribution is -2.36. The lowest BCUT2D eigenvalue weighted by atomic mass is 10.2. The third-order valence-corrected chi connectivity index (χ3v) is 4.06. The van der Waals surface area contributed by atoms with Gasteiger partial charge in [-0.15, -0.1) is 0 Å². The van der Waals surface area contributed by atoms with E-state index >= 15 is 0 Å². The Labute approximate surface area is 162 Å². The summed E-state index contributed by atoms with van der Waals surface area (Å²) in [5.74, 6) is 2.38. The van der Waals surface area contributed by atoms with Gasteiger partial charge in [0.05, 0.1) is 13.7 Å². The number of methoxy groups -OCH3 is 1. The van der Waals surface area contributed by atoms with Crippen LogP contribution in [0.1, 0.15) is 11.5 Å². The molecule has 27 heavy (non-hydrogen) atoms. The first-order valence-corrected chi connectivity index (χ1v) is 8.72. The highest BCUT2D eigenvalue weighted by molar-refractivity contribution is 6.30. The molecular weight excluding hydrogens is 366 g/mol. The maximum atomic E-state index is 6.00. The van der Waals surface area contributed by atoms with Crippen molar-refractivity contribution in [3.8, 4) is 17.1 Å². The predicted molar refractivity (Wildman–Crippen MR) is 105 cm³/mol. The van der Waals surface area contributed by atoms with E-state index < -0.39 is 0 Å². The Bertz CT molecular complexity index is 926. The average molecular weight is 386 g/mol. The number of nitrogens with one attached hydrogen (secondary N) is 2. The van der Waals surface area contributed by atoms with E-state index in [1.807, 2.05) is 36.4 Å². The summed E-state index contributed by atoms with van der Waals surface area (Å²) in [7, 11) is 3.35. The molecule has 3 rings (SSSR count). The fraction of sp³-hybridized carbons (Fsp3) is 0.211. The van der Waals surface area contributed by atoms with Gasteiger partial charge in [-0.2, -0.15) is 4.98 Å². The SMILES string of the molecule is CN=C(NCc1nc(-c2cccc(Cl)c2)no1)NCc1ccccc1OC. The molecule has 1 aromatic heterocycles. The number of aliphatic imine (C=N–C) groups is 1. The minimum Gasteiger partial charge on any atom is -0.496 e. The van der Waals surface area contributed by atoms with Gasteiger partial charge in [0.25, 0.3) is 0 Å². The molecule has 0 unspecified atom stereocenters. The van der Waals surface area contributed by atoms with Crippen molar-refractivity contribution in [2.75, 3.05) is 14.2 Å². The van der Waals surface area contributed by atoms with E-state index in [9.17, 15) is 0 Å². The van der Waals surface area contributed by atoms with E-state index in [1.54, 1.807) is 26.3 Å². The van der Waals surface area contributed by atoms with Crippen molar-refractivity contribution in [1.29, 1.82) is 0 Å². The molecule has 2 aromatic carbocycles. The smallest absolute Gasteiger partial charge is 0.246 e. The van der Waals surface area contributed by atoms with E-state index in [2.05, 4.69) is 25.8 Å². The highest BCUT2D eigenvalue weighted by atomic mass is 35.5. The lowest BCUT2D eigenvalue weighted by molar-refractivity contribution is 0.375. The Morgan fingerprint density at radius 2 is 1.96 bits per heavy atom. The standard InChI is InChI=1S/C19H20ClN5O2/c1-21-19(22-11-14-6-3-4-9-16(14)26-2)23-12-17-24-18(25-27-17)13-7-5-8-15(20)10-13/h3-10H,11-12H2,1-2H3,(H2,21,22,23). The molecule has 0 radical (unpaired) electrons. The summed E-state index contributed by atoms with van der Waals surface area (Å²) in [5, 5.41) is 11.0. The summed E-state index contributed by atoms with van der Waals surface area (Å²) in [6, 6.07) is 15.1. The summed E-state index contributed by atoms with van der Waals surface area (Å²) < 4.78 is 10.6. The van der Waals surface area contributed by atoms with E-state index in [1.165, 1.54) is 0 Å². The second-order valence-corrected chi connectivity index (χ2v) is 6.05. The first-order chi connectivity index (χ1) is 13.2. The van der Waals surface area contributed by atoms with Gasteiger partial charge in [0.15, 0.2) is 5.96 Å². The fourth-order valence-corrected chi connectivity index (χ4v) is 2.67. The lowest BCUT2D eigenvalue weighted by Gasteiger charge is -2.12. The van der Waals surface area contributed by atoms with E-state index in [0.29, 0.717) is 35.8 Å². The van der Waals surface area contributed by atoms with Crippen molar-refractivity contribution in [3.63, 3.8) is 0 Å². The van der Waals surface area contributed by atoms with Gasteiger partial charge in [0.1, 0.15) is 5.75 Å². The Balaban J connectivity index is 1.57. The molecule has 7 nitrogen and oxygen atoms in total. The molecule has 0 bridgehead atoms. The molecule has 8 heteroatoms.